The van der Waals surface area contributed by atoms with Gasteiger partial charge in [0.1, 0.15) is 73.2 Å². The van der Waals surface area contributed by atoms with Crippen molar-refractivity contribution in [1.82, 2.24) is 5.32 Å². The molecule has 1 amide bonds. The fraction of sp³-hybridized carbons (Fsp3) is 0.882. The number of carbonyl (C=O) groups excluding carboxylic acids is 1. The number of unbranched alkanes of at least 4 members (excludes halogenated alkanes) is 52. The van der Waals surface area contributed by atoms with Gasteiger partial charge in [-0.3, -0.25) is 4.79 Å². The number of aliphatic hydroxyl groups excluding tert-OH is 11. The summed E-state index contributed by atoms with van der Waals surface area (Å²) < 4.78 is 34.6. The summed E-state index contributed by atoms with van der Waals surface area (Å²) in [6.45, 7) is 1.69. The second-order valence-corrected chi connectivity index (χ2v) is 33.1. The molecule has 112 heavy (non-hydrogen) atoms. The Labute approximate surface area is 681 Å². The molecular formula is C93H171NO18. The molecule has 19 nitrogen and oxygen atoms in total. The van der Waals surface area contributed by atoms with Crippen molar-refractivity contribution in [2.45, 2.75) is 497 Å². The highest BCUT2D eigenvalue weighted by molar-refractivity contribution is 5.76. The number of allylic oxidation sites excluding steroid dienone is 9. The van der Waals surface area contributed by atoms with Gasteiger partial charge in [0.15, 0.2) is 18.9 Å². The lowest BCUT2D eigenvalue weighted by Gasteiger charge is -2.48. The van der Waals surface area contributed by atoms with Crippen LogP contribution in [0, 0.1) is 0 Å². The molecule has 0 radical (unpaired) electrons. The van der Waals surface area contributed by atoms with E-state index in [-0.39, 0.29) is 18.9 Å². The van der Waals surface area contributed by atoms with Crippen molar-refractivity contribution >= 4 is 5.91 Å². The lowest BCUT2D eigenvalue weighted by Crippen LogP contribution is -2.66. The van der Waals surface area contributed by atoms with Gasteiger partial charge in [0.2, 0.25) is 5.91 Å². The van der Waals surface area contributed by atoms with Gasteiger partial charge in [0.25, 0.3) is 0 Å². The molecule has 3 aliphatic rings. The summed E-state index contributed by atoms with van der Waals surface area (Å²) in [5.74, 6) is -0.267. The third-order valence-corrected chi connectivity index (χ3v) is 23.1. The normalized spacial score (nSPS) is 25.2. The van der Waals surface area contributed by atoms with Crippen LogP contribution >= 0.6 is 0 Å². The largest absolute Gasteiger partial charge is 0.394 e. The van der Waals surface area contributed by atoms with Crippen LogP contribution in [0.4, 0.5) is 0 Å². The molecule has 0 aliphatic carbocycles. The minimum absolute atomic E-state index is 0.247. The molecule has 17 unspecified atom stereocenters. The van der Waals surface area contributed by atoms with Gasteiger partial charge < -0.3 is 89.9 Å². The number of amides is 1. The molecule has 0 aromatic rings. The van der Waals surface area contributed by atoms with E-state index in [1.807, 2.05) is 6.08 Å². The Bertz CT molecular complexity index is 2250. The number of hydrogen-bond donors (Lipinski definition) is 12. The highest BCUT2D eigenvalue weighted by Gasteiger charge is 2.54. The van der Waals surface area contributed by atoms with Crippen LogP contribution in [0.5, 0.6) is 0 Å². The molecule has 0 saturated carbocycles. The topological polar surface area (TPSA) is 307 Å². The lowest BCUT2D eigenvalue weighted by atomic mass is 9.96. The minimum atomic E-state index is -1.98. The van der Waals surface area contributed by atoms with Crippen LogP contribution in [-0.2, 0) is 33.2 Å². The highest BCUT2D eigenvalue weighted by atomic mass is 16.8. The van der Waals surface area contributed by atoms with Crippen molar-refractivity contribution < 1.29 is 89.4 Å². The van der Waals surface area contributed by atoms with E-state index in [1.54, 1.807) is 6.08 Å². The van der Waals surface area contributed by atoms with Crippen LogP contribution in [0.3, 0.4) is 0 Å². The summed E-state index contributed by atoms with van der Waals surface area (Å²) in [6, 6.07) is -0.975. The first-order valence-corrected chi connectivity index (χ1v) is 46.5. The van der Waals surface area contributed by atoms with E-state index in [4.69, 9.17) is 28.4 Å². The quantitative estimate of drug-likeness (QED) is 0.0199. The SMILES string of the molecule is CC/C=C\C/C=C\C/C=C\C/C=C\CCCCCCCCCCCCCCCCCCCCCCCCCCCCC(=O)NC(COC1OC(CO)C(OC2OC(CO)C(OC3OC(CO)C(O)C(O)C3O)C(O)C2O)C(O)C1O)C(O)/C=C/CCCCCCCCCCCCCCCCCCCCCCCCCCCC. The maximum absolute atomic E-state index is 13.5. The second-order valence-electron chi connectivity index (χ2n) is 33.1. The summed E-state index contributed by atoms with van der Waals surface area (Å²) in [7, 11) is 0. The first kappa shape index (κ1) is 104. The van der Waals surface area contributed by atoms with E-state index in [0.717, 1.165) is 70.6 Å². The molecule has 3 saturated heterocycles. The van der Waals surface area contributed by atoms with Gasteiger partial charge in [-0.25, -0.2) is 0 Å². The summed E-state index contributed by atoms with van der Waals surface area (Å²) >= 11 is 0. The summed E-state index contributed by atoms with van der Waals surface area (Å²) in [5, 5.41) is 121. The van der Waals surface area contributed by atoms with Crippen LogP contribution in [0.2, 0.25) is 0 Å². The standard InChI is InChI=1S/C93H171NO18/c1-3-5-7-9-11-13-15-17-19-21-23-25-27-29-31-33-34-35-36-37-38-39-40-41-42-43-45-47-49-51-53-55-57-59-61-63-65-67-69-71-81(99)94-76(77(98)70-68-66-64-62-60-58-56-54-52-50-48-46-44-32-30-28-26-24-22-20-18-16-14-12-10-8-6-4-2)75-107-91-87(105)84(102)89(79(73-96)109-91)112-93-88(106)85(103)90(80(74-97)110-93)111-92-86(104)83(101)82(100)78(72-95)108-92/h5,7,11,13,17,19,23,25,68,70,76-80,82-93,95-98,100-106H,3-4,6,8-10,12,14-16,18,20-22,24,26-67,69,71-75H2,1-2H3,(H,94,99)/b7-5-,13-11-,19-17-,25-23-,70-68+. The van der Waals surface area contributed by atoms with Gasteiger partial charge >= 0.3 is 0 Å². The summed E-state index contributed by atoms with van der Waals surface area (Å²) in [5.41, 5.74) is 0. The zero-order chi connectivity index (χ0) is 81.0. The minimum Gasteiger partial charge on any atom is -0.394 e. The maximum Gasteiger partial charge on any atom is 0.220 e. The van der Waals surface area contributed by atoms with Crippen molar-refractivity contribution in [2.75, 3.05) is 26.4 Å². The molecule has 17 atom stereocenters. The van der Waals surface area contributed by atoms with Gasteiger partial charge in [-0.05, 0) is 57.8 Å². The molecule has 19 heteroatoms. The molecule has 3 heterocycles. The van der Waals surface area contributed by atoms with Gasteiger partial charge in [0.05, 0.1) is 38.6 Å². The van der Waals surface area contributed by atoms with Crippen LogP contribution < -0.4 is 5.32 Å². The van der Waals surface area contributed by atoms with E-state index in [2.05, 4.69) is 67.8 Å². The predicted octanol–water partition coefficient (Wildman–Crippen LogP) is 18.1. The number of rotatable bonds is 76. The molecule has 0 spiro atoms. The molecule has 3 aliphatic heterocycles. The van der Waals surface area contributed by atoms with Crippen molar-refractivity contribution in [1.29, 1.82) is 0 Å². The monoisotopic (exact) mass is 1590 g/mol. The average Bonchev–Trinajstić information content (AvgIpc) is 0.780. The van der Waals surface area contributed by atoms with E-state index < -0.39 is 124 Å². The first-order valence-electron chi connectivity index (χ1n) is 46.5. The Balaban J connectivity index is 1.30. The Hall–Kier alpha value is -2.51. The fourth-order valence-electron chi connectivity index (χ4n) is 15.7. The number of hydrogen-bond acceptors (Lipinski definition) is 18. The molecule has 3 fully saturated rings. The van der Waals surface area contributed by atoms with E-state index >= 15 is 0 Å². The first-order chi connectivity index (χ1) is 54.8. The lowest BCUT2D eigenvalue weighted by molar-refractivity contribution is -0.379. The van der Waals surface area contributed by atoms with Gasteiger partial charge in [-0.1, -0.05) is 389 Å². The zero-order valence-corrected chi connectivity index (χ0v) is 70.9. The van der Waals surface area contributed by atoms with Crippen LogP contribution in [0.25, 0.3) is 0 Å². The highest BCUT2D eigenvalue weighted by Crippen LogP contribution is 2.34. The Morgan fingerprint density at radius 3 is 0.964 bits per heavy atom. The van der Waals surface area contributed by atoms with Crippen LogP contribution in [0.1, 0.15) is 393 Å². The fourth-order valence-corrected chi connectivity index (χ4v) is 15.7. The third-order valence-electron chi connectivity index (χ3n) is 23.1. The van der Waals surface area contributed by atoms with Gasteiger partial charge in [-0.2, -0.15) is 0 Å². The summed E-state index contributed by atoms with van der Waals surface area (Å²) in [6.07, 6.45) is 69.6. The molecule has 3 rings (SSSR count). The molecular weight excluding hydrogens is 1420 g/mol. The average molecular weight is 1590 g/mol. The maximum atomic E-state index is 13.5. The predicted molar refractivity (Wildman–Crippen MR) is 452 cm³/mol. The Kier molecular flexibility index (Phi) is 67.1. The van der Waals surface area contributed by atoms with Crippen molar-refractivity contribution in [3.8, 4) is 0 Å². The smallest absolute Gasteiger partial charge is 0.220 e. The van der Waals surface area contributed by atoms with Crippen molar-refractivity contribution in [3.63, 3.8) is 0 Å². The number of aliphatic hydroxyl groups is 11. The molecule has 0 bridgehead atoms. The Morgan fingerprint density at radius 2 is 0.616 bits per heavy atom. The van der Waals surface area contributed by atoms with E-state index in [9.17, 15) is 61.0 Å². The number of nitrogens with one attached hydrogen (secondary N) is 1. The number of carbonyl (C=O) groups is 1. The van der Waals surface area contributed by atoms with Crippen LogP contribution in [0.15, 0.2) is 60.8 Å². The van der Waals surface area contributed by atoms with Crippen molar-refractivity contribution in [3.05, 3.63) is 60.8 Å². The number of ether oxygens (including phenoxy) is 6. The summed E-state index contributed by atoms with van der Waals surface area (Å²) in [4.78, 5) is 13.5. The molecule has 12 N–H and O–H groups in total. The zero-order valence-electron chi connectivity index (χ0n) is 70.9. The van der Waals surface area contributed by atoms with Gasteiger partial charge in [-0.15, -0.1) is 0 Å². The van der Waals surface area contributed by atoms with Crippen molar-refractivity contribution in [2.24, 2.45) is 0 Å². The molecule has 0 aromatic carbocycles. The second kappa shape index (κ2) is 72.5. The van der Waals surface area contributed by atoms with Gasteiger partial charge in [0, 0.05) is 6.42 Å². The van der Waals surface area contributed by atoms with E-state index in [1.165, 1.54) is 295 Å². The van der Waals surface area contributed by atoms with Crippen LogP contribution in [-0.4, -0.2) is 193 Å². The molecule has 656 valence electrons. The molecule has 0 aromatic heterocycles. The Morgan fingerprint density at radius 1 is 0.330 bits per heavy atom. The third kappa shape index (κ3) is 50.4. The van der Waals surface area contributed by atoms with E-state index in [0.29, 0.717) is 6.42 Å².